The number of carboxylic acids is 1. The molecule has 2 aromatic rings. The van der Waals surface area contributed by atoms with Crippen molar-refractivity contribution in [1.29, 1.82) is 0 Å². The van der Waals surface area contributed by atoms with Gasteiger partial charge in [0, 0.05) is 16.5 Å². The van der Waals surface area contributed by atoms with E-state index in [1.54, 1.807) is 6.92 Å². The van der Waals surface area contributed by atoms with E-state index in [-0.39, 0.29) is 59.5 Å². The monoisotopic (exact) mass is 742 g/mol. The molecule has 47 heavy (non-hydrogen) atoms. The van der Waals surface area contributed by atoms with Gasteiger partial charge in [-0.25, -0.2) is 19.6 Å². The maximum Gasteiger partial charge on any atom is 2.00 e. The Labute approximate surface area is 309 Å². The van der Waals surface area contributed by atoms with E-state index in [1.807, 2.05) is 18.2 Å². The molecule has 0 saturated heterocycles. The van der Waals surface area contributed by atoms with Crippen LogP contribution in [0.2, 0.25) is 0 Å². The number of esters is 1. The maximum absolute atomic E-state index is 11.5. The third kappa shape index (κ3) is 21.3. The molecule has 0 aliphatic heterocycles. The second-order valence-electron chi connectivity index (χ2n) is 11.8. The van der Waals surface area contributed by atoms with E-state index < -0.39 is 5.97 Å². The van der Waals surface area contributed by atoms with Crippen molar-refractivity contribution in [2.45, 2.75) is 133 Å². The van der Waals surface area contributed by atoms with Gasteiger partial charge in [-0.1, -0.05) is 132 Å². The molecule has 6 nitrogen and oxygen atoms in total. The van der Waals surface area contributed by atoms with Gasteiger partial charge in [0.2, 0.25) is 0 Å². The summed E-state index contributed by atoms with van der Waals surface area (Å²) >= 11 is 0. The number of benzene rings is 2. The number of methoxy groups -OCH3 is 1. The van der Waals surface area contributed by atoms with Crippen molar-refractivity contribution in [2.75, 3.05) is 7.11 Å². The number of ether oxygens (including phenoxy) is 1. The number of carbonyl (C=O) groups excluding carboxylic acids is 1. The van der Waals surface area contributed by atoms with Crippen LogP contribution >= 0.6 is 0 Å². The second-order valence-corrected chi connectivity index (χ2v) is 11.8. The number of carboxylic acid groups (broad SMARTS) is 1. The first-order valence-corrected chi connectivity index (χ1v) is 15.7. The number of carbonyl (C=O) groups is 2. The Morgan fingerprint density at radius 2 is 0.872 bits per heavy atom. The van der Waals surface area contributed by atoms with E-state index >= 15 is 0 Å². The first-order valence-electron chi connectivity index (χ1n) is 15.7. The maximum atomic E-state index is 11.5. The Morgan fingerprint density at radius 1 is 0.638 bits per heavy atom. The molecule has 0 unspecified atom stereocenters. The number of rotatable bonds is 8. The van der Waals surface area contributed by atoms with Crippen molar-refractivity contribution in [3.8, 4) is 0 Å². The van der Waals surface area contributed by atoms with Gasteiger partial charge in [-0.15, -0.1) is 0 Å². The van der Waals surface area contributed by atoms with Gasteiger partial charge in [0.1, 0.15) is 11.4 Å². The summed E-state index contributed by atoms with van der Waals surface area (Å²) < 4.78 is 4.72. The average Bonchev–Trinajstić information content (AvgIpc) is 2.93. The van der Waals surface area contributed by atoms with Gasteiger partial charge in [0.25, 0.3) is 0 Å². The van der Waals surface area contributed by atoms with Gasteiger partial charge in [0.15, 0.2) is 0 Å². The molecule has 0 aromatic heterocycles. The Morgan fingerprint density at radius 3 is 1.06 bits per heavy atom. The smallest absolute Gasteiger partial charge is 0.477 e. The van der Waals surface area contributed by atoms with Gasteiger partial charge in [-0.3, -0.25) is 0 Å². The molecule has 276 valence electrons. The van der Waals surface area contributed by atoms with Crippen molar-refractivity contribution < 1.29 is 52.4 Å². The largest absolute Gasteiger partial charge is 2.00 e. The van der Waals surface area contributed by atoms with E-state index in [2.05, 4.69) is 111 Å². The summed E-state index contributed by atoms with van der Waals surface area (Å²) in [6, 6.07) is 12.2. The van der Waals surface area contributed by atoms with E-state index in [4.69, 9.17) is 9.84 Å². The van der Waals surface area contributed by atoms with Gasteiger partial charge >= 0.3 is 28.4 Å². The van der Waals surface area contributed by atoms with Crippen molar-refractivity contribution in [1.82, 2.24) is 0 Å². The van der Waals surface area contributed by atoms with Gasteiger partial charge in [-0.2, -0.15) is 0 Å². The van der Waals surface area contributed by atoms with Gasteiger partial charge in [0.05, 0.1) is 18.5 Å². The van der Waals surface area contributed by atoms with E-state index in [9.17, 15) is 9.59 Å². The Hall–Kier alpha value is -2.29. The molecule has 8 heteroatoms. The third-order valence-corrected chi connectivity index (χ3v) is 6.03. The first kappa shape index (κ1) is 57.0. The van der Waals surface area contributed by atoms with Crippen LogP contribution in [0.25, 0.3) is 0 Å². The molecule has 0 amide bonds. The number of para-hydroxylation sites is 2. The number of aliphatic imine (C=N–C) groups is 2. The summed E-state index contributed by atoms with van der Waals surface area (Å²) in [4.78, 5) is 31.3. The van der Waals surface area contributed by atoms with Gasteiger partial charge in [-0.05, 0) is 59.8 Å². The molecule has 0 fully saturated rings. The van der Waals surface area contributed by atoms with E-state index in [1.165, 1.54) is 26.9 Å². The van der Waals surface area contributed by atoms with Crippen LogP contribution in [0.5, 0.6) is 0 Å². The van der Waals surface area contributed by atoms with Crippen LogP contribution in [0, 0.1) is 14.9 Å². The van der Waals surface area contributed by atoms with Crippen LogP contribution in [-0.4, -0.2) is 35.6 Å². The molecule has 0 bridgehead atoms. The molecule has 0 aliphatic rings. The molecule has 0 spiro atoms. The van der Waals surface area contributed by atoms with Crippen LogP contribution in [-0.2, 0) is 47.3 Å². The van der Waals surface area contributed by atoms with Crippen LogP contribution in [0.4, 0.5) is 11.4 Å². The normalized spacial score (nSPS) is 10.4. The molecule has 2 aromatic carbocycles. The summed E-state index contributed by atoms with van der Waals surface area (Å²) in [6.45, 7) is 28.6. The molecule has 0 aliphatic carbocycles. The van der Waals surface area contributed by atoms with Gasteiger partial charge < -0.3 is 24.7 Å². The van der Waals surface area contributed by atoms with Crippen LogP contribution in [0.15, 0.2) is 46.4 Å². The molecular weight excluding hydrogens is 678 g/mol. The zero-order valence-corrected chi connectivity index (χ0v) is 34.4. The minimum atomic E-state index is -0.969. The van der Waals surface area contributed by atoms with Crippen LogP contribution in [0.3, 0.4) is 0 Å². The quantitative estimate of drug-likeness (QED) is 0.126. The van der Waals surface area contributed by atoms with E-state index in [0.29, 0.717) is 29.4 Å². The van der Waals surface area contributed by atoms with Crippen LogP contribution in [0.1, 0.15) is 156 Å². The third-order valence-electron chi connectivity index (χ3n) is 6.03. The topological polar surface area (TPSA) is 88.3 Å². The molecular formula is C39H66N2Ni2O4. The van der Waals surface area contributed by atoms with Crippen molar-refractivity contribution in [2.24, 2.45) is 9.98 Å². The zero-order chi connectivity index (χ0) is 33.9. The number of hydrogen-bond acceptors (Lipinski definition) is 5. The second kappa shape index (κ2) is 31.0. The number of hydrogen-bond donors (Lipinski definition) is 1. The summed E-state index contributed by atoms with van der Waals surface area (Å²) in [6.07, 6.45) is 2.50. The fourth-order valence-corrected chi connectivity index (χ4v) is 3.86. The van der Waals surface area contributed by atoms with Crippen LogP contribution < -0.4 is 0 Å². The molecule has 0 radical (unpaired) electrons. The first-order chi connectivity index (χ1) is 20.0. The summed E-state index contributed by atoms with van der Waals surface area (Å²) in [5.41, 5.74) is 6.77. The molecule has 2 rings (SSSR count). The fraction of sp³-hybridized carbons (Fsp3) is 0.538. The zero-order valence-electron chi connectivity index (χ0n) is 32.4. The molecule has 0 heterocycles. The van der Waals surface area contributed by atoms with Crippen molar-refractivity contribution in [3.05, 3.63) is 73.5 Å². The predicted octanol–water partition coefficient (Wildman–Crippen LogP) is 12.0. The molecule has 0 saturated carbocycles. The minimum Gasteiger partial charge on any atom is -0.477 e. The standard InChI is InChI=1S/C16H23NO2.C15H21NO2.2C3H8.2CH3.2Ni/c1-10(2)13-8-7-9-14(11(3)4)15(13)17-12(5)16(18)19-6;1-9(2)12-7-6-8-13(10(3)4)14(12)16-11(5)15(17)18;2*1-3-2;;;;/h7-11H,1-6H3;6-10H,1-5H3,(H,17,18);2*3H2,1-2H3;2*1H3;;/q;;;;2*-1;;+2. The Kier molecular flexibility index (Phi) is 37.6. The van der Waals surface area contributed by atoms with Crippen molar-refractivity contribution in [3.63, 3.8) is 0 Å². The van der Waals surface area contributed by atoms with Crippen molar-refractivity contribution >= 4 is 34.7 Å². The van der Waals surface area contributed by atoms with E-state index in [0.717, 1.165) is 33.6 Å². The number of aliphatic carboxylic acids is 1. The summed E-state index contributed by atoms with van der Waals surface area (Å²) in [5, 5.41) is 8.97. The summed E-state index contributed by atoms with van der Waals surface area (Å²) in [7, 11) is 1.37. The summed E-state index contributed by atoms with van der Waals surface area (Å²) in [5.74, 6) is 0.0235. The minimum absolute atomic E-state index is 0. The fourth-order valence-electron chi connectivity index (χ4n) is 3.86. The Bertz CT molecular complexity index is 1130. The molecule has 1 N–H and O–H groups in total. The Balaban J connectivity index is -0.000000142. The average molecular weight is 744 g/mol. The SMILES string of the molecule is CC(=Nc1c(C(C)C)cccc1C(C)C)C(=O)O.CCC.CCC.COC(=O)C(C)=Nc1c(C(C)C)cccc1C(C)C.[CH3-].[CH3-].[Ni+2].[Ni]. The number of nitrogens with zero attached hydrogens (tertiary/aromatic N) is 2. The predicted molar refractivity (Wildman–Crippen MR) is 199 cm³/mol. The molecule has 0 atom stereocenters.